The lowest BCUT2D eigenvalue weighted by Gasteiger charge is -2.45. The lowest BCUT2D eigenvalue weighted by atomic mass is 9.95. The minimum Gasteiger partial charge on any atom is -0.385 e. The van der Waals surface area contributed by atoms with Gasteiger partial charge in [0.2, 0.25) is 0 Å². The molecule has 0 bridgehead atoms. The van der Waals surface area contributed by atoms with Gasteiger partial charge in [0.1, 0.15) is 11.7 Å². The van der Waals surface area contributed by atoms with Crippen LogP contribution in [-0.4, -0.2) is 78.0 Å². The van der Waals surface area contributed by atoms with Gasteiger partial charge in [0.05, 0.1) is 11.0 Å². The number of nitrogens with zero attached hydrogens (tertiary/aromatic N) is 4. The van der Waals surface area contributed by atoms with Crippen molar-refractivity contribution < 1.29 is 14.5 Å². The summed E-state index contributed by atoms with van der Waals surface area (Å²) in [5.41, 5.74) is 3.27. The minimum absolute atomic E-state index is 0.0824. The highest BCUT2D eigenvalue weighted by molar-refractivity contribution is 5.95. The van der Waals surface area contributed by atoms with Gasteiger partial charge in [-0.15, -0.1) is 0 Å². The highest BCUT2D eigenvalue weighted by Gasteiger charge is 2.47. The van der Waals surface area contributed by atoms with Crippen LogP contribution in [0.15, 0.2) is 96.1 Å². The number of dihydropyridines is 1. The van der Waals surface area contributed by atoms with E-state index in [9.17, 15) is 14.9 Å². The number of ether oxygens (including phenoxy) is 1. The van der Waals surface area contributed by atoms with Crippen LogP contribution in [-0.2, 0) is 9.53 Å². The maximum Gasteiger partial charge on any atom is 0.355 e. The van der Waals surface area contributed by atoms with Crippen molar-refractivity contribution in [2.24, 2.45) is 0 Å². The lowest BCUT2D eigenvalue weighted by molar-refractivity contribution is -0.423. The molecule has 3 aliphatic heterocycles. The number of benzene rings is 2. The van der Waals surface area contributed by atoms with Gasteiger partial charge < -0.3 is 19.9 Å². The topological polar surface area (TPSA) is 91.2 Å². The van der Waals surface area contributed by atoms with Crippen LogP contribution in [0, 0.1) is 10.1 Å². The van der Waals surface area contributed by atoms with Crippen molar-refractivity contribution in [3.63, 3.8) is 0 Å². The Morgan fingerprint density at radius 2 is 1.66 bits per heavy atom. The summed E-state index contributed by atoms with van der Waals surface area (Å²) in [5.74, 6) is -0.561. The van der Waals surface area contributed by atoms with E-state index in [4.69, 9.17) is 4.74 Å². The van der Waals surface area contributed by atoms with Crippen LogP contribution in [0.2, 0.25) is 0 Å². The summed E-state index contributed by atoms with van der Waals surface area (Å²) in [5, 5.41) is 15.6. The molecule has 0 aromatic heterocycles. The molecule has 1 saturated heterocycles. The first-order valence-corrected chi connectivity index (χ1v) is 13.0. The van der Waals surface area contributed by atoms with E-state index >= 15 is 0 Å². The molecule has 5 rings (SSSR count). The molecule has 3 heterocycles. The van der Waals surface area contributed by atoms with Crippen molar-refractivity contribution in [2.75, 3.05) is 46.4 Å². The third-order valence-corrected chi connectivity index (χ3v) is 7.36. The van der Waals surface area contributed by atoms with Crippen molar-refractivity contribution in [3.8, 4) is 0 Å². The fourth-order valence-electron chi connectivity index (χ4n) is 5.64. The number of hydrogen-bond acceptors (Lipinski definition) is 7. The molecule has 1 amide bonds. The Kier molecular flexibility index (Phi) is 7.86. The summed E-state index contributed by atoms with van der Waals surface area (Å²) in [6.45, 7) is 3.40. The zero-order valence-corrected chi connectivity index (χ0v) is 21.5. The summed E-state index contributed by atoms with van der Waals surface area (Å²) >= 11 is 0. The van der Waals surface area contributed by atoms with Gasteiger partial charge in [-0.1, -0.05) is 60.7 Å². The van der Waals surface area contributed by atoms with Gasteiger partial charge in [-0.3, -0.25) is 19.8 Å². The number of amides is 1. The van der Waals surface area contributed by atoms with Crippen molar-refractivity contribution >= 4 is 5.91 Å². The van der Waals surface area contributed by atoms with Crippen molar-refractivity contribution in [1.82, 2.24) is 20.0 Å². The molecule has 1 N–H and O–H groups in total. The third-order valence-electron chi connectivity index (χ3n) is 7.36. The van der Waals surface area contributed by atoms with E-state index in [-0.39, 0.29) is 11.7 Å². The zero-order chi connectivity index (χ0) is 26.5. The van der Waals surface area contributed by atoms with E-state index in [1.165, 1.54) is 16.0 Å². The molecule has 1 unspecified atom stereocenters. The predicted molar refractivity (Wildman–Crippen MR) is 144 cm³/mol. The van der Waals surface area contributed by atoms with Gasteiger partial charge in [0, 0.05) is 52.1 Å². The summed E-state index contributed by atoms with van der Waals surface area (Å²) in [7, 11) is 1.60. The number of fused-ring (bicyclic) bond motifs is 1. The molecule has 198 valence electrons. The van der Waals surface area contributed by atoms with Crippen LogP contribution in [0.25, 0.3) is 0 Å². The Bertz CT molecular complexity index is 1200. The molecular formula is C29H33N5O4. The van der Waals surface area contributed by atoms with Gasteiger partial charge in [-0.05, 0) is 35.9 Å². The SMILES string of the molecule is COCCCN1C(=O)C([N+](=O)[O-])=C(N2CCN(C(c3ccccc3)c3ccccc3)CC2)C2NC=CC=C21. The summed E-state index contributed by atoms with van der Waals surface area (Å²) in [6.07, 6.45) is 6.08. The largest absolute Gasteiger partial charge is 0.385 e. The monoisotopic (exact) mass is 515 g/mol. The zero-order valence-electron chi connectivity index (χ0n) is 21.5. The second-order valence-corrected chi connectivity index (χ2v) is 9.59. The maximum atomic E-state index is 13.5. The van der Waals surface area contributed by atoms with E-state index in [0.29, 0.717) is 51.4 Å². The van der Waals surface area contributed by atoms with E-state index in [1.54, 1.807) is 13.3 Å². The van der Waals surface area contributed by atoms with Crippen molar-refractivity contribution in [2.45, 2.75) is 18.5 Å². The fraction of sp³-hybridized carbons (Fsp3) is 0.345. The average molecular weight is 516 g/mol. The Morgan fingerprint density at radius 1 is 1.03 bits per heavy atom. The first-order valence-electron chi connectivity index (χ1n) is 13.0. The fourth-order valence-corrected chi connectivity index (χ4v) is 5.64. The van der Waals surface area contributed by atoms with E-state index in [2.05, 4.69) is 58.7 Å². The Labute approximate surface area is 222 Å². The second kappa shape index (κ2) is 11.6. The van der Waals surface area contributed by atoms with E-state index in [0.717, 1.165) is 5.70 Å². The number of hydrogen-bond donors (Lipinski definition) is 1. The van der Waals surface area contributed by atoms with Crippen LogP contribution in [0.1, 0.15) is 23.6 Å². The highest BCUT2D eigenvalue weighted by Crippen LogP contribution is 2.35. The van der Waals surface area contributed by atoms with Crippen LogP contribution in [0.4, 0.5) is 0 Å². The first kappa shape index (κ1) is 25.7. The smallest absolute Gasteiger partial charge is 0.355 e. The van der Waals surface area contributed by atoms with Crippen LogP contribution < -0.4 is 5.32 Å². The number of piperazine rings is 1. The highest BCUT2D eigenvalue weighted by atomic mass is 16.6. The Balaban J connectivity index is 1.42. The van der Waals surface area contributed by atoms with Gasteiger partial charge >= 0.3 is 11.6 Å². The normalized spacial score (nSPS) is 19.9. The van der Waals surface area contributed by atoms with Crippen LogP contribution in [0.5, 0.6) is 0 Å². The molecule has 2 aromatic carbocycles. The molecule has 0 spiro atoms. The molecule has 2 aromatic rings. The van der Waals surface area contributed by atoms with Gasteiger partial charge in [0.15, 0.2) is 0 Å². The average Bonchev–Trinajstić information content (AvgIpc) is 2.95. The molecule has 1 atom stereocenters. The Morgan fingerprint density at radius 3 is 2.24 bits per heavy atom. The number of carbonyl (C=O) groups is 1. The van der Waals surface area contributed by atoms with Gasteiger partial charge in [-0.25, -0.2) is 0 Å². The van der Waals surface area contributed by atoms with Gasteiger partial charge in [-0.2, -0.15) is 0 Å². The van der Waals surface area contributed by atoms with Crippen LogP contribution in [0.3, 0.4) is 0 Å². The minimum atomic E-state index is -0.561. The molecule has 0 radical (unpaired) electrons. The number of allylic oxidation sites excluding steroid dienone is 2. The molecule has 9 heteroatoms. The molecule has 9 nitrogen and oxygen atoms in total. The number of nitro groups is 1. The molecule has 0 aliphatic carbocycles. The lowest BCUT2D eigenvalue weighted by Crippen LogP contribution is -2.56. The summed E-state index contributed by atoms with van der Waals surface area (Å²) < 4.78 is 5.14. The van der Waals surface area contributed by atoms with Crippen molar-refractivity contribution in [1.29, 1.82) is 0 Å². The van der Waals surface area contributed by atoms with E-state index in [1.807, 2.05) is 29.2 Å². The number of nitrogens with one attached hydrogen (secondary N) is 1. The molecule has 0 saturated carbocycles. The van der Waals surface area contributed by atoms with Crippen molar-refractivity contribution in [3.05, 3.63) is 117 Å². The third kappa shape index (κ3) is 5.07. The predicted octanol–water partition coefficient (Wildman–Crippen LogP) is 3.13. The quantitative estimate of drug-likeness (QED) is 0.312. The van der Waals surface area contributed by atoms with Gasteiger partial charge in [0.25, 0.3) is 0 Å². The number of carbonyl (C=O) groups excluding carboxylic acids is 1. The second-order valence-electron chi connectivity index (χ2n) is 9.59. The molecule has 38 heavy (non-hydrogen) atoms. The van der Waals surface area contributed by atoms with Crippen LogP contribution >= 0.6 is 0 Å². The summed E-state index contributed by atoms with van der Waals surface area (Å²) in [4.78, 5) is 31.2. The van der Waals surface area contributed by atoms with E-state index < -0.39 is 16.9 Å². The number of rotatable bonds is 9. The molecule has 1 fully saturated rings. The number of methoxy groups -OCH3 is 1. The first-order chi connectivity index (χ1) is 18.6. The molecule has 3 aliphatic rings. The summed E-state index contributed by atoms with van der Waals surface area (Å²) in [6, 6.07) is 20.5. The standard InChI is InChI=1S/C29H33N5O4/c1-38-21-9-16-33-24-14-8-15-30-25(24)27(28(29(33)35)34(36)37)32-19-17-31(18-20-32)26(22-10-4-2-5-11-22)23-12-6-3-7-13-23/h2-8,10-15,25-26,30H,9,16-21H2,1H3. The Hall–Kier alpha value is -3.95. The maximum absolute atomic E-state index is 13.5. The molecular weight excluding hydrogens is 482 g/mol.